The molecule has 0 aliphatic carbocycles. The zero-order valence-electron chi connectivity index (χ0n) is 38.0. The van der Waals surface area contributed by atoms with E-state index < -0.39 is 0 Å². The Bertz CT molecular complexity index is 1490. The van der Waals surface area contributed by atoms with Crippen LogP contribution >= 0.6 is 0 Å². The van der Waals surface area contributed by atoms with Crippen molar-refractivity contribution in [3.8, 4) is 0 Å². The van der Waals surface area contributed by atoms with E-state index in [0.29, 0.717) is 0 Å². The number of hydrogen-bond donors (Lipinski definition) is 0. The third-order valence-corrected chi connectivity index (χ3v) is 12.0. The van der Waals surface area contributed by atoms with Gasteiger partial charge in [-0.05, 0) is 124 Å². The van der Waals surface area contributed by atoms with Crippen LogP contribution in [0.25, 0.3) is 16.9 Å². The molecule has 0 saturated carbocycles. The summed E-state index contributed by atoms with van der Waals surface area (Å²) in [7, 11) is 0. The fourth-order valence-electron chi connectivity index (χ4n) is 8.59. The van der Waals surface area contributed by atoms with Crippen LogP contribution in [0.1, 0.15) is 242 Å². The fourth-order valence-corrected chi connectivity index (χ4v) is 8.59. The first kappa shape index (κ1) is 50.9. The molecule has 0 unspecified atom stereocenters. The largest absolute Gasteiger partial charge is 0.493 e. The van der Waals surface area contributed by atoms with Gasteiger partial charge in [0.1, 0.15) is 0 Å². The van der Waals surface area contributed by atoms with Crippen molar-refractivity contribution in [2.24, 2.45) is 0 Å². The molecule has 0 aromatic heterocycles. The van der Waals surface area contributed by atoms with Crippen molar-refractivity contribution in [2.75, 3.05) is 0 Å². The molecular weight excluding hydrogens is 735 g/mol. The van der Waals surface area contributed by atoms with Gasteiger partial charge >= 0.3 is 0 Å². The van der Waals surface area contributed by atoms with Crippen LogP contribution in [-0.4, -0.2) is 4.70 Å². The second kappa shape index (κ2) is 31.6. The smallest absolute Gasteiger partial charge is 0.215 e. The topological polar surface area (TPSA) is 25.3 Å². The molecule has 1 aliphatic rings. The van der Waals surface area contributed by atoms with E-state index in [9.17, 15) is 5.53 Å². The number of aryl methyl sites for hydroxylation is 4. The van der Waals surface area contributed by atoms with E-state index in [0.717, 1.165) is 62.8 Å². The number of hydrogen-bond acceptors (Lipinski definition) is 0. The number of unbranched alkanes of at least 4 members (excludes halogenated alkanes) is 19. The van der Waals surface area contributed by atoms with Crippen LogP contribution in [0.3, 0.4) is 0 Å². The molecule has 0 radical (unpaired) electrons. The maximum absolute atomic E-state index is 12.6. The van der Waals surface area contributed by atoms with Crippen LogP contribution < -0.4 is 0 Å². The molecule has 322 valence electrons. The van der Waals surface area contributed by atoms with E-state index in [1.54, 1.807) is 4.70 Å². The Morgan fingerprint density at radius 1 is 0.404 bits per heavy atom. The van der Waals surface area contributed by atoms with Gasteiger partial charge in [0.05, 0.1) is 5.57 Å². The molecule has 0 fully saturated rings. The van der Waals surface area contributed by atoms with Gasteiger partial charge in [-0.1, -0.05) is 181 Å². The molecular formula is C54H86N2Ni. The number of nitrogens with zero attached hydrogens (tertiary/aromatic N) is 2. The van der Waals surface area contributed by atoms with Crippen molar-refractivity contribution in [3.63, 3.8) is 0 Å². The molecule has 2 nitrogen and oxygen atoms in total. The van der Waals surface area contributed by atoms with Crippen LogP contribution in [0.2, 0.25) is 0 Å². The molecule has 0 bridgehead atoms. The molecule has 0 amide bonds. The van der Waals surface area contributed by atoms with E-state index in [-0.39, 0.29) is 16.5 Å². The summed E-state index contributed by atoms with van der Waals surface area (Å²) in [5, 5.41) is 0. The Hall–Kier alpha value is -2.25. The summed E-state index contributed by atoms with van der Waals surface area (Å²) in [6.45, 7) is 13.8. The number of benzene rings is 2. The normalized spacial score (nSPS) is 13.1. The Morgan fingerprint density at radius 3 is 1.19 bits per heavy atom. The van der Waals surface area contributed by atoms with Crippen LogP contribution in [-0.2, 0) is 42.2 Å². The summed E-state index contributed by atoms with van der Waals surface area (Å²) in [4.78, 5) is 0. The Balaban J connectivity index is 0.0000112. The predicted octanol–water partition coefficient (Wildman–Crippen LogP) is 17.8. The predicted molar refractivity (Wildman–Crippen MR) is 248 cm³/mol. The quantitative estimate of drug-likeness (QED) is 0.0389. The van der Waals surface area contributed by atoms with Gasteiger partial charge < -0.3 is 5.53 Å². The molecule has 2 aromatic carbocycles. The second-order valence-corrected chi connectivity index (χ2v) is 17.3. The summed E-state index contributed by atoms with van der Waals surface area (Å²) in [6, 6.07) is 14.6. The molecule has 0 atom stereocenters. The van der Waals surface area contributed by atoms with Crippen molar-refractivity contribution >= 4 is 11.4 Å². The Labute approximate surface area is 363 Å². The monoisotopic (exact) mass is 821 g/mol. The zero-order valence-corrected chi connectivity index (χ0v) is 39.0. The minimum Gasteiger partial charge on any atom is -0.493 e. The van der Waals surface area contributed by atoms with E-state index in [1.165, 1.54) is 186 Å². The zero-order chi connectivity index (χ0) is 40.2. The van der Waals surface area contributed by atoms with E-state index in [4.69, 9.17) is 0 Å². The average Bonchev–Trinajstić information content (AvgIpc) is 3.48. The minimum atomic E-state index is 0. The third-order valence-electron chi connectivity index (χ3n) is 12.0. The Kier molecular flexibility index (Phi) is 28.3. The van der Waals surface area contributed by atoms with Crippen LogP contribution in [0.5, 0.6) is 0 Å². The molecule has 0 N–H and O–H groups in total. The molecule has 3 rings (SSSR count). The third kappa shape index (κ3) is 18.7. The van der Waals surface area contributed by atoms with Gasteiger partial charge in [-0.2, -0.15) is 0 Å². The van der Waals surface area contributed by atoms with E-state index in [1.807, 2.05) is 0 Å². The van der Waals surface area contributed by atoms with E-state index >= 15 is 0 Å². The maximum atomic E-state index is 12.6. The molecule has 3 heteroatoms. The first-order valence-electron chi connectivity index (χ1n) is 24.4. The first-order valence-corrected chi connectivity index (χ1v) is 24.4. The minimum absolute atomic E-state index is 0. The van der Waals surface area contributed by atoms with Gasteiger partial charge in [-0.25, -0.2) is 4.70 Å². The van der Waals surface area contributed by atoms with Gasteiger partial charge in [0.15, 0.2) is 0 Å². The molecule has 1 aliphatic heterocycles. The summed E-state index contributed by atoms with van der Waals surface area (Å²) in [6.07, 6.45) is 42.4. The Morgan fingerprint density at radius 2 is 0.754 bits per heavy atom. The van der Waals surface area contributed by atoms with Gasteiger partial charge in [0.2, 0.25) is 11.4 Å². The standard InChI is InChI=1S/C54H86N2.Ni/c1-7-13-19-20-21-22-23-24-25-26-27-28-29-32-38-52-51(37-18-12-6)53(49-41-45(33-16-10-4)39-47(43-49)35-30-14-8-2)56(55)54(52)50-42-46(34-17-11-5)40-48(44-50)36-31-15-9-3;/h32,38-44H,7-31,33-37H2,1-6H3;. The van der Waals surface area contributed by atoms with Gasteiger partial charge in [0, 0.05) is 33.2 Å². The van der Waals surface area contributed by atoms with Crippen molar-refractivity contribution in [1.29, 1.82) is 0 Å². The van der Waals surface area contributed by atoms with Crippen molar-refractivity contribution in [3.05, 3.63) is 98.6 Å². The van der Waals surface area contributed by atoms with Crippen molar-refractivity contribution < 1.29 is 21.2 Å². The summed E-state index contributed by atoms with van der Waals surface area (Å²) >= 11 is 0. The number of allylic oxidation sites excluding steroid dienone is 4. The summed E-state index contributed by atoms with van der Waals surface area (Å²) < 4.78 is 1.64. The maximum Gasteiger partial charge on any atom is 0.215 e. The SMILES string of the molecule is CCCCCCCCCCCCCCC=CC1=C(c2cc(CCCC)cc(CCCCC)c2)[N+](=[N-])C(c2cc(CCCC)cc(CCCCC)c2)=C1CCCC.[Ni]. The van der Waals surface area contributed by atoms with E-state index in [2.05, 4.69) is 90.1 Å². The number of rotatable bonds is 33. The van der Waals surface area contributed by atoms with Crippen LogP contribution in [0.15, 0.2) is 59.7 Å². The molecule has 1 heterocycles. The average molecular weight is 822 g/mol. The summed E-state index contributed by atoms with van der Waals surface area (Å²) in [5.74, 6) is 0. The second-order valence-electron chi connectivity index (χ2n) is 17.3. The van der Waals surface area contributed by atoms with Crippen LogP contribution in [0.4, 0.5) is 0 Å². The molecule has 57 heavy (non-hydrogen) atoms. The molecule has 0 saturated heterocycles. The summed E-state index contributed by atoms with van der Waals surface area (Å²) in [5.41, 5.74) is 25.3. The van der Waals surface area contributed by atoms with Gasteiger partial charge in [0.25, 0.3) is 0 Å². The van der Waals surface area contributed by atoms with Gasteiger partial charge in [-0.3, -0.25) is 0 Å². The fraction of sp³-hybridized carbons (Fsp3) is 0.667. The molecule has 0 spiro atoms. The molecule has 2 aromatic rings. The van der Waals surface area contributed by atoms with Crippen LogP contribution in [0, 0.1) is 0 Å². The first-order chi connectivity index (χ1) is 27.5. The van der Waals surface area contributed by atoms with Gasteiger partial charge in [-0.15, -0.1) is 0 Å². The van der Waals surface area contributed by atoms with Crippen molar-refractivity contribution in [2.45, 2.75) is 234 Å². The van der Waals surface area contributed by atoms with Crippen molar-refractivity contribution in [1.82, 2.24) is 0 Å².